The van der Waals surface area contributed by atoms with Crippen LogP contribution in [0.2, 0.25) is 0 Å². The summed E-state index contributed by atoms with van der Waals surface area (Å²) >= 11 is 1.74. The molecular weight excluding hydrogens is 340 g/mol. The quantitative estimate of drug-likeness (QED) is 0.852. The Labute approximate surface area is 154 Å². The lowest BCUT2D eigenvalue weighted by Crippen LogP contribution is -2.24. The first-order valence-electron chi connectivity index (χ1n) is 8.26. The summed E-state index contributed by atoms with van der Waals surface area (Å²) in [6, 6.07) is 8.16. The first kappa shape index (κ1) is 19.0. The molecule has 3 rings (SSSR count). The third-order valence-corrected chi connectivity index (χ3v) is 5.66. The van der Waals surface area contributed by atoms with Gasteiger partial charge in [0.25, 0.3) is 5.91 Å². The summed E-state index contributed by atoms with van der Waals surface area (Å²) < 4.78 is 0. The molecule has 2 aromatic rings. The molecule has 0 fully saturated rings. The highest BCUT2D eigenvalue weighted by Crippen LogP contribution is 2.32. The second kappa shape index (κ2) is 8.15. The van der Waals surface area contributed by atoms with Gasteiger partial charge in [0.05, 0.1) is 5.56 Å². The van der Waals surface area contributed by atoms with Crippen LogP contribution in [0.25, 0.3) is 0 Å². The zero-order chi connectivity index (χ0) is 16.4. The number of nitrogens with two attached hydrogens (primary N) is 1. The van der Waals surface area contributed by atoms with Crippen LogP contribution in [0.3, 0.4) is 0 Å². The molecule has 1 aromatic heterocycles. The topological polar surface area (TPSA) is 55.1 Å². The molecular formula is C19H25ClN2OS. The molecule has 0 saturated heterocycles. The number of fused-ring (bicyclic) bond motifs is 1. The molecule has 3 N–H and O–H groups in total. The van der Waals surface area contributed by atoms with Crippen LogP contribution in [0.4, 0.5) is 0 Å². The molecule has 2 unspecified atom stereocenters. The maximum absolute atomic E-state index is 12.5. The van der Waals surface area contributed by atoms with E-state index in [4.69, 9.17) is 5.73 Å². The van der Waals surface area contributed by atoms with E-state index in [0.717, 1.165) is 35.4 Å². The van der Waals surface area contributed by atoms with Crippen molar-refractivity contribution in [3.63, 3.8) is 0 Å². The van der Waals surface area contributed by atoms with Crippen LogP contribution in [0.15, 0.2) is 29.6 Å². The van der Waals surface area contributed by atoms with Crippen LogP contribution in [0.5, 0.6) is 0 Å². The van der Waals surface area contributed by atoms with Gasteiger partial charge in [-0.2, -0.15) is 0 Å². The fourth-order valence-electron chi connectivity index (χ4n) is 3.08. The first-order valence-corrected chi connectivity index (χ1v) is 9.14. The second-order valence-corrected chi connectivity index (χ2v) is 7.58. The highest BCUT2D eigenvalue weighted by Gasteiger charge is 2.22. The van der Waals surface area contributed by atoms with Crippen molar-refractivity contribution in [1.29, 1.82) is 0 Å². The summed E-state index contributed by atoms with van der Waals surface area (Å²) in [5.41, 5.74) is 10.2. The van der Waals surface area contributed by atoms with Crippen LogP contribution < -0.4 is 11.1 Å². The number of carbonyl (C=O) groups is 1. The predicted molar refractivity (Wildman–Crippen MR) is 103 cm³/mol. The summed E-state index contributed by atoms with van der Waals surface area (Å²) in [6.45, 7) is 4.81. The molecule has 24 heavy (non-hydrogen) atoms. The molecule has 0 saturated carbocycles. The number of amides is 1. The molecule has 0 spiro atoms. The van der Waals surface area contributed by atoms with Gasteiger partial charge in [-0.3, -0.25) is 4.79 Å². The molecule has 1 aliphatic rings. The van der Waals surface area contributed by atoms with Crippen molar-refractivity contribution in [3.05, 3.63) is 56.8 Å². The highest BCUT2D eigenvalue weighted by molar-refractivity contribution is 7.10. The number of benzene rings is 1. The van der Waals surface area contributed by atoms with Gasteiger partial charge in [-0.25, -0.2) is 0 Å². The van der Waals surface area contributed by atoms with Gasteiger partial charge < -0.3 is 11.1 Å². The van der Waals surface area contributed by atoms with Crippen molar-refractivity contribution >= 4 is 29.7 Å². The number of carbonyl (C=O) groups excluding carboxylic acids is 1. The Morgan fingerprint density at radius 1 is 1.38 bits per heavy atom. The third kappa shape index (κ3) is 4.18. The van der Waals surface area contributed by atoms with E-state index < -0.39 is 0 Å². The van der Waals surface area contributed by atoms with Gasteiger partial charge in [0.15, 0.2) is 0 Å². The van der Waals surface area contributed by atoms with E-state index in [0.29, 0.717) is 6.54 Å². The molecule has 0 bridgehead atoms. The summed E-state index contributed by atoms with van der Waals surface area (Å²) in [5.74, 6) is 0.786. The Kier molecular flexibility index (Phi) is 6.44. The highest BCUT2D eigenvalue weighted by atomic mass is 35.5. The SMILES string of the molecule is CC1CCc2c(C(=O)NCc3ccc(C(C)N)cc3)csc2C1.Cl. The molecule has 1 heterocycles. The average molecular weight is 365 g/mol. The number of halogens is 1. The molecule has 130 valence electrons. The Morgan fingerprint density at radius 2 is 2.08 bits per heavy atom. The normalized spacial score (nSPS) is 17.5. The molecule has 0 aliphatic heterocycles. The van der Waals surface area contributed by atoms with E-state index in [1.165, 1.54) is 16.9 Å². The minimum atomic E-state index is 0. The van der Waals surface area contributed by atoms with Crippen LogP contribution in [-0.2, 0) is 19.4 Å². The van der Waals surface area contributed by atoms with Gasteiger partial charge in [-0.15, -0.1) is 23.7 Å². The van der Waals surface area contributed by atoms with Gasteiger partial charge in [0, 0.05) is 22.8 Å². The maximum atomic E-state index is 12.5. The minimum Gasteiger partial charge on any atom is -0.348 e. The molecule has 1 amide bonds. The van der Waals surface area contributed by atoms with E-state index >= 15 is 0 Å². The molecule has 3 nitrogen and oxygen atoms in total. The lowest BCUT2D eigenvalue weighted by molar-refractivity contribution is 0.0950. The summed E-state index contributed by atoms with van der Waals surface area (Å²) in [6.07, 6.45) is 3.33. The van der Waals surface area contributed by atoms with Crippen LogP contribution in [0, 0.1) is 5.92 Å². The molecule has 2 atom stereocenters. The number of rotatable bonds is 4. The fourth-order valence-corrected chi connectivity index (χ4v) is 4.33. The van der Waals surface area contributed by atoms with Crippen LogP contribution >= 0.6 is 23.7 Å². The van der Waals surface area contributed by atoms with E-state index in [-0.39, 0.29) is 24.4 Å². The van der Waals surface area contributed by atoms with Gasteiger partial charge in [0.1, 0.15) is 0 Å². The van der Waals surface area contributed by atoms with Gasteiger partial charge in [-0.05, 0) is 48.8 Å². The number of thiophene rings is 1. The largest absolute Gasteiger partial charge is 0.348 e. The smallest absolute Gasteiger partial charge is 0.252 e. The zero-order valence-corrected chi connectivity index (χ0v) is 15.8. The third-order valence-electron chi connectivity index (χ3n) is 4.60. The predicted octanol–water partition coefficient (Wildman–Crippen LogP) is 4.24. The summed E-state index contributed by atoms with van der Waals surface area (Å²) in [7, 11) is 0. The van der Waals surface area contributed by atoms with Crippen molar-refractivity contribution < 1.29 is 4.79 Å². The Bertz CT molecular complexity index is 694. The van der Waals surface area contributed by atoms with E-state index in [9.17, 15) is 4.79 Å². The zero-order valence-electron chi connectivity index (χ0n) is 14.2. The molecule has 0 radical (unpaired) electrons. The van der Waals surface area contributed by atoms with E-state index in [2.05, 4.69) is 12.2 Å². The average Bonchev–Trinajstić information content (AvgIpc) is 2.96. The van der Waals surface area contributed by atoms with Crippen LogP contribution in [0.1, 0.15) is 58.2 Å². The van der Waals surface area contributed by atoms with Crippen LogP contribution in [-0.4, -0.2) is 5.91 Å². The van der Waals surface area contributed by atoms with Crippen molar-refractivity contribution in [1.82, 2.24) is 5.32 Å². The van der Waals surface area contributed by atoms with Crippen molar-refractivity contribution in [2.75, 3.05) is 0 Å². The Morgan fingerprint density at radius 3 is 2.75 bits per heavy atom. The molecule has 5 heteroatoms. The summed E-state index contributed by atoms with van der Waals surface area (Å²) in [4.78, 5) is 13.9. The molecule has 1 aliphatic carbocycles. The molecule has 1 aromatic carbocycles. The number of nitrogens with one attached hydrogen (secondary N) is 1. The number of hydrogen-bond donors (Lipinski definition) is 2. The van der Waals surface area contributed by atoms with Gasteiger partial charge in [0.2, 0.25) is 0 Å². The monoisotopic (exact) mass is 364 g/mol. The van der Waals surface area contributed by atoms with E-state index in [1.54, 1.807) is 11.3 Å². The summed E-state index contributed by atoms with van der Waals surface area (Å²) in [5, 5.41) is 5.07. The van der Waals surface area contributed by atoms with E-state index in [1.807, 2.05) is 36.6 Å². The number of hydrogen-bond acceptors (Lipinski definition) is 3. The standard InChI is InChI=1S/C19H24N2OS.ClH/c1-12-3-8-16-17(11-23-18(16)9-12)19(22)21-10-14-4-6-15(7-5-14)13(2)20;/h4-7,11-13H,3,8-10,20H2,1-2H3,(H,21,22);1H. The van der Waals surface area contributed by atoms with Crippen molar-refractivity contribution in [2.45, 2.75) is 45.7 Å². The Hall–Kier alpha value is -1.36. The van der Waals surface area contributed by atoms with Crippen molar-refractivity contribution in [2.24, 2.45) is 11.7 Å². The van der Waals surface area contributed by atoms with Crippen molar-refractivity contribution in [3.8, 4) is 0 Å². The minimum absolute atomic E-state index is 0. The lowest BCUT2D eigenvalue weighted by atomic mass is 9.88. The Balaban J connectivity index is 0.00000208. The maximum Gasteiger partial charge on any atom is 0.252 e. The second-order valence-electron chi connectivity index (χ2n) is 6.61. The van der Waals surface area contributed by atoms with Gasteiger partial charge in [-0.1, -0.05) is 31.2 Å². The lowest BCUT2D eigenvalue weighted by Gasteiger charge is -2.18. The fraction of sp³-hybridized carbons (Fsp3) is 0.421. The first-order chi connectivity index (χ1) is 11.0. The van der Waals surface area contributed by atoms with Gasteiger partial charge >= 0.3 is 0 Å².